The molecular weight excluding hydrogens is 504 g/mol. The highest BCUT2D eigenvalue weighted by Gasteiger charge is 2.32. The Morgan fingerprint density at radius 2 is 1.92 bits per heavy atom. The summed E-state index contributed by atoms with van der Waals surface area (Å²) < 4.78 is 38.1. The van der Waals surface area contributed by atoms with Crippen LogP contribution in [0.15, 0.2) is 46.9 Å². The Kier molecular flexibility index (Phi) is 6.46. The Balaban J connectivity index is 1.38. The zero-order chi connectivity index (χ0) is 26.3. The van der Waals surface area contributed by atoms with Crippen molar-refractivity contribution in [1.29, 1.82) is 0 Å². The molecule has 3 N–H and O–H groups in total. The number of hydrogen-bond acceptors (Lipinski definition) is 7. The van der Waals surface area contributed by atoms with Crippen LogP contribution in [-0.4, -0.2) is 22.6 Å². The van der Waals surface area contributed by atoms with E-state index in [1.165, 1.54) is 19.1 Å². The van der Waals surface area contributed by atoms with Crippen LogP contribution in [0.25, 0.3) is 10.2 Å². The molecule has 0 unspecified atom stereocenters. The number of ether oxygens (including phenoxy) is 1. The van der Waals surface area contributed by atoms with E-state index in [-0.39, 0.29) is 45.2 Å². The Labute approximate surface area is 213 Å². The SMILES string of the molecule is CC(=O)c1ccc(OCc2ccc(C(=O)Nc3c(C(N)=O)sc4nc(C(F)F)cc(C5CC5)c34)o2)cc1. The van der Waals surface area contributed by atoms with Gasteiger partial charge >= 0.3 is 0 Å². The molecule has 0 atom stereocenters. The third-order valence-corrected chi connectivity index (χ3v) is 7.04. The molecule has 1 saturated carbocycles. The maximum Gasteiger partial charge on any atom is 0.291 e. The van der Waals surface area contributed by atoms with Gasteiger partial charge in [-0.25, -0.2) is 13.8 Å². The van der Waals surface area contributed by atoms with E-state index in [4.69, 9.17) is 14.9 Å². The summed E-state index contributed by atoms with van der Waals surface area (Å²) in [5, 5.41) is 3.13. The molecule has 1 aromatic carbocycles. The maximum atomic E-state index is 13.4. The van der Waals surface area contributed by atoms with Crippen molar-refractivity contribution < 1.29 is 32.3 Å². The second-order valence-electron chi connectivity index (χ2n) is 8.65. The number of carbonyl (C=O) groups is 3. The smallest absolute Gasteiger partial charge is 0.291 e. The molecule has 1 aliphatic carbocycles. The molecule has 5 rings (SSSR count). The van der Waals surface area contributed by atoms with Gasteiger partial charge in [-0.1, -0.05) is 0 Å². The predicted octanol–water partition coefficient (Wildman–Crippen LogP) is 5.84. The first-order chi connectivity index (χ1) is 17.7. The summed E-state index contributed by atoms with van der Waals surface area (Å²) in [4.78, 5) is 40.8. The van der Waals surface area contributed by atoms with E-state index in [2.05, 4.69) is 10.3 Å². The number of benzene rings is 1. The van der Waals surface area contributed by atoms with E-state index >= 15 is 0 Å². The van der Waals surface area contributed by atoms with Crippen LogP contribution in [0.1, 0.15) is 79.7 Å². The number of nitrogens with two attached hydrogens (primary N) is 1. The zero-order valence-electron chi connectivity index (χ0n) is 19.5. The van der Waals surface area contributed by atoms with Crippen LogP contribution in [-0.2, 0) is 6.61 Å². The van der Waals surface area contributed by atoms with Gasteiger partial charge in [0.25, 0.3) is 18.2 Å². The van der Waals surface area contributed by atoms with Crippen molar-refractivity contribution in [2.24, 2.45) is 5.73 Å². The molecule has 4 aromatic rings. The third-order valence-electron chi connectivity index (χ3n) is 5.94. The van der Waals surface area contributed by atoms with Crippen molar-refractivity contribution in [2.75, 3.05) is 5.32 Å². The minimum Gasteiger partial charge on any atom is -0.486 e. The number of fused-ring (bicyclic) bond motifs is 1. The molecule has 37 heavy (non-hydrogen) atoms. The number of furan rings is 1. The maximum absolute atomic E-state index is 13.4. The number of thiophene rings is 1. The van der Waals surface area contributed by atoms with Gasteiger partial charge in [-0.05, 0) is 73.7 Å². The summed E-state index contributed by atoms with van der Waals surface area (Å²) in [6.07, 6.45) is -1.14. The van der Waals surface area contributed by atoms with Gasteiger partial charge in [-0.2, -0.15) is 0 Å². The number of aromatic nitrogens is 1. The number of halogens is 2. The lowest BCUT2D eigenvalue weighted by Crippen LogP contribution is -2.16. The molecule has 0 aliphatic heterocycles. The number of nitrogens with zero attached hydrogens (tertiary/aromatic N) is 1. The van der Waals surface area contributed by atoms with Crippen LogP contribution < -0.4 is 15.8 Å². The van der Waals surface area contributed by atoms with Crippen molar-refractivity contribution in [3.63, 3.8) is 0 Å². The highest BCUT2D eigenvalue weighted by molar-refractivity contribution is 7.21. The standard InChI is InChI=1S/C26H21F2N3O5S/c1-12(32)13-4-6-15(7-5-13)35-11-16-8-9-19(36-16)25(34)31-21-20-17(14-2-3-14)10-18(23(27)28)30-26(20)37-22(21)24(29)33/h4-10,14,23H,2-3,11H2,1H3,(H2,29,33)(H,31,34). The van der Waals surface area contributed by atoms with Crippen molar-refractivity contribution >= 4 is 44.8 Å². The van der Waals surface area contributed by atoms with E-state index < -0.39 is 18.2 Å². The monoisotopic (exact) mass is 525 g/mol. The average Bonchev–Trinajstić information content (AvgIpc) is 3.49. The molecule has 190 valence electrons. The van der Waals surface area contributed by atoms with Crippen molar-refractivity contribution in [1.82, 2.24) is 4.98 Å². The summed E-state index contributed by atoms with van der Waals surface area (Å²) in [6.45, 7) is 1.51. The normalized spacial score (nSPS) is 13.2. The number of alkyl halides is 2. The van der Waals surface area contributed by atoms with Crippen molar-refractivity contribution in [3.05, 3.63) is 75.7 Å². The van der Waals surface area contributed by atoms with Crippen molar-refractivity contribution in [3.8, 4) is 5.75 Å². The first kappa shape index (κ1) is 24.6. The molecule has 0 saturated heterocycles. The molecule has 11 heteroatoms. The predicted molar refractivity (Wildman–Crippen MR) is 133 cm³/mol. The minimum absolute atomic E-state index is 0.0216. The van der Waals surface area contributed by atoms with Gasteiger partial charge in [-0.15, -0.1) is 11.3 Å². The summed E-state index contributed by atoms with van der Waals surface area (Å²) >= 11 is 0.868. The lowest BCUT2D eigenvalue weighted by atomic mass is 10.0. The van der Waals surface area contributed by atoms with E-state index in [9.17, 15) is 23.2 Å². The lowest BCUT2D eigenvalue weighted by Gasteiger charge is -2.09. The van der Waals surface area contributed by atoms with Gasteiger partial charge in [0, 0.05) is 10.9 Å². The molecule has 1 aliphatic rings. The topological polar surface area (TPSA) is 125 Å². The van der Waals surface area contributed by atoms with E-state index in [0.717, 1.165) is 24.2 Å². The second kappa shape index (κ2) is 9.74. The number of carbonyl (C=O) groups excluding carboxylic acids is 3. The molecular formula is C26H21F2N3O5S. The van der Waals surface area contributed by atoms with Gasteiger partial charge in [-0.3, -0.25) is 14.4 Å². The molecule has 2 amide bonds. The number of nitrogens with one attached hydrogen (secondary N) is 1. The number of amides is 2. The van der Waals surface area contributed by atoms with E-state index in [1.54, 1.807) is 30.3 Å². The van der Waals surface area contributed by atoms with Crippen LogP contribution in [0.2, 0.25) is 0 Å². The molecule has 8 nitrogen and oxygen atoms in total. The number of primary amides is 1. The summed E-state index contributed by atoms with van der Waals surface area (Å²) in [7, 11) is 0. The highest BCUT2D eigenvalue weighted by Crippen LogP contribution is 2.48. The average molecular weight is 526 g/mol. The zero-order valence-corrected chi connectivity index (χ0v) is 20.4. The minimum atomic E-state index is -2.77. The van der Waals surface area contributed by atoms with E-state index in [1.807, 2.05) is 0 Å². The fourth-order valence-electron chi connectivity index (χ4n) is 3.96. The van der Waals surface area contributed by atoms with Crippen LogP contribution in [0.4, 0.5) is 14.5 Å². The molecule has 0 bridgehead atoms. The fourth-order valence-corrected chi connectivity index (χ4v) is 4.98. The second-order valence-corrected chi connectivity index (χ2v) is 9.65. The number of ketones is 1. The molecule has 3 aromatic heterocycles. The molecule has 0 spiro atoms. The first-order valence-corrected chi connectivity index (χ1v) is 12.2. The number of hydrogen-bond donors (Lipinski definition) is 2. The highest BCUT2D eigenvalue weighted by atomic mass is 32.1. The quantitative estimate of drug-likeness (QED) is 0.265. The van der Waals surface area contributed by atoms with Gasteiger partial charge in [0.1, 0.15) is 33.5 Å². The van der Waals surface area contributed by atoms with Crippen LogP contribution in [0.5, 0.6) is 5.75 Å². The summed E-state index contributed by atoms with van der Waals surface area (Å²) in [5.74, 6) is -0.599. The Bertz CT molecular complexity index is 1520. The third kappa shape index (κ3) is 5.08. The van der Waals surface area contributed by atoms with Crippen LogP contribution >= 0.6 is 11.3 Å². The first-order valence-electron chi connectivity index (χ1n) is 11.4. The number of rotatable bonds is 9. The Morgan fingerprint density at radius 1 is 1.19 bits per heavy atom. The van der Waals surface area contributed by atoms with E-state index in [0.29, 0.717) is 28.0 Å². The van der Waals surface area contributed by atoms with Crippen molar-refractivity contribution in [2.45, 2.75) is 38.7 Å². The van der Waals surface area contributed by atoms with Gasteiger partial charge in [0.05, 0.1) is 5.69 Å². The number of anilines is 1. The van der Waals surface area contributed by atoms with Crippen LogP contribution in [0.3, 0.4) is 0 Å². The Morgan fingerprint density at radius 3 is 2.54 bits per heavy atom. The Hall–Kier alpha value is -4.12. The summed E-state index contributed by atoms with van der Waals surface area (Å²) in [5.41, 5.74) is 6.49. The lowest BCUT2D eigenvalue weighted by molar-refractivity contribution is 0.0990. The van der Waals surface area contributed by atoms with Gasteiger partial charge in [0.15, 0.2) is 11.5 Å². The molecule has 1 fully saturated rings. The number of pyridine rings is 1. The molecule has 0 radical (unpaired) electrons. The summed E-state index contributed by atoms with van der Waals surface area (Å²) in [6, 6.07) is 11.0. The number of Topliss-reactive ketones (excluding diaryl/α,β-unsaturated/α-hetero) is 1. The fraction of sp³-hybridized carbons (Fsp3) is 0.231. The molecule has 3 heterocycles. The van der Waals surface area contributed by atoms with Gasteiger partial charge < -0.3 is 20.2 Å². The van der Waals surface area contributed by atoms with Crippen LogP contribution in [0, 0.1) is 0 Å². The largest absolute Gasteiger partial charge is 0.486 e. The van der Waals surface area contributed by atoms with Gasteiger partial charge in [0.2, 0.25) is 0 Å².